The van der Waals surface area contributed by atoms with Crippen LogP contribution in [0.25, 0.3) is 10.9 Å². The third-order valence-electron chi connectivity index (χ3n) is 9.91. The summed E-state index contributed by atoms with van der Waals surface area (Å²) in [7, 11) is 5.34. The van der Waals surface area contributed by atoms with Gasteiger partial charge >= 0.3 is 0 Å². The van der Waals surface area contributed by atoms with Crippen molar-refractivity contribution in [3.63, 3.8) is 0 Å². The smallest absolute Gasteiger partial charge is 0.261 e. The van der Waals surface area contributed by atoms with Crippen LogP contribution in [-0.2, 0) is 24.1 Å². The zero-order chi connectivity index (χ0) is 42.1. The van der Waals surface area contributed by atoms with E-state index in [1.165, 1.54) is 11.3 Å². The van der Waals surface area contributed by atoms with Crippen LogP contribution in [0.4, 0.5) is 5.95 Å². The summed E-state index contributed by atoms with van der Waals surface area (Å²) < 4.78 is 41.2. The van der Waals surface area contributed by atoms with E-state index < -0.39 is 32.4 Å². The van der Waals surface area contributed by atoms with E-state index in [1.807, 2.05) is 86.2 Å². The minimum Gasteiger partial charge on any atom is -0.497 e. The lowest BCUT2D eigenvalue weighted by Crippen LogP contribution is -2.39. The number of nitrogens with one attached hydrogen (secondary N) is 1. The van der Waals surface area contributed by atoms with Crippen molar-refractivity contribution in [1.82, 2.24) is 19.5 Å². The Kier molecular flexibility index (Phi) is 14.9. The maximum atomic E-state index is 13.3. The summed E-state index contributed by atoms with van der Waals surface area (Å²) in [6.07, 6.45) is 0.642. The Morgan fingerprint density at radius 3 is 2.15 bits per heavy atom. The Balaban J connectivity index is 1.45. The summed E-state index contributed by atoms with van der Waals surface area (Å²) >= 11 is 1.42. The molecule has 6 rings (SSSR count). The number of nitriles is 1. The molecule has 1 aliphatic heterocycles. The lowest BCUT2D eigenvalue weighted by Gasteiger charge is -2.39. The molecule has 1 aliphatic rings. The van der Waals surface area contributed by atoms with E-state index in [9.17, 15) is 10.1 Å². The zero-order valence-corrected chi connectivity index (χ0v) is 36.5. The second-order valence-electron chi connectivity index (χ2n) is 14.9. The predicted molar refractivity (Wildman–Crippen MR) is 233 cm³/mol. The number of hydrogen-bond donors (Lipinski definition) is 1. The predicted octanol–water partition coefficient (Wildman–Crippen LogP) is 8.72. The monoisotopic (exact) mass is 840 g/mol. The first-order chi connectivity index (χ1) is 28.5. The van der Waals surface area contributed by atoms with Crippen LogP contribution in [0.2, 0.25) is 0 Å². The van der Waals surface area contributed by atoms with Crippen LogP contribution in [0.1, 0.15) is 68.2 Å². The van der Waals surface area contributed by atoms with Crippen LogP contribution in [0.5, 0.6) is 11.5 Å². The van der Waals surface area contributed by atoms with Crippen molar-refractivity contribution in [2.24, 2.45) is 4.99 Å². The standard InChI is InChI=1S/C44H53N6O7PS/c1-29(2)50(30(3)4)58(55-24-12-23-45)57-37-25-38(41-40-36(27-59-41)42(51)48-43(47-40)46-28-49(5)6)56-39(37)26-54-44(31-13-10-9-11-14-31,32-15-19-34(52-7)20-16-32)33-17-21-35(53-8)22-18-33/h9-11,13-22,27-30,37-39H,12,24-26H2,1-8H3,(H,47,48,51)/b46-28+/t37-,38+,39+,58?/m0/s1. The number of rotatable bonds is 19. The van der Waals surface area contributed by atoms with Gasteiger partial charge in [-0.2, -0.15) is 5.26 Å². The number of fused-ring (bicyclic) bond motifs is 1. The molecule has 1 unspecified atom stereocenters. The number of aliphatic imine (C=N–C) groups is 1. The van der Waals surface area contributed by atoms with Crippen molar-refractivity contribution in [3.8, 4) is 17.6 Å². The minimum absolute atomic E-state index is 0.0881. The van der Waals surface area contributed by atoms with E-state index in [0.29, 0.717) is 17.3 Å². The van der Waals surface area contributed by atoms with Gasteiger partial charge in [0.2, 0.25) is 5.95 Å². The average Bonchev–Trinajstić information content (AvgIpc) is 3.85. The maximum Gasteiger partial charge on any atom is 0.261 e. The topological polar surface area (TPSA) is 144 Å². The molecule has 15 heteroatoms. The van der Waals surface area contributed by atoms with E-state index in [1.54, 1.807) is 25.5 Å². The highest BCUT2D eigenvalue weighted by atomic mass is 32.1. The maximum absolute atomic E-state index is 13.3. The molecule has 2 aromatic heterocycles. The number of thiophene rings is 1. The van der Waals surface area contributed by atoms with Gasteiger partial charge in [-0.1, -0.05) is 54.6 Å². The van der Waals surface area contributed by atoms with Gasteiger partial charge in [0, 0.05) is 38.0 Å². The summed E-state index contributed by atoms with van der Waals surface area (Å²) in [6.45, 7) is 8.76. The quantitative estimate of drug-likeness (QED) is 0.0280. The lowest BCUT2D eigenvalue weighted by atomic mass is 9.80. The second kappa shape index (κ2) is 20.0. The van der Waals surface area contributed by atoms with E-state index in [-0.39, 0.29) is 43.2 Å². The van der Waals surface area contributed by atoms with Gasteiger partial charge in [-0.3, -0.25) is 9.78 Å². The highest BCUT2D eigenvalue weighted by Crippen LogP contribution is 2.52. The molecular formula is C44H53N6O7PS. The van der Waals surface area contributed by atoms with E-state index in [2.05, 4.69) is 60.5 Å². The number of methoxy groups -OCH3 is 2. The van der Waals surface area contributed by atoms with Crippen LogP contribution in [0.3, 0.4) is 0 Å². The molecule has 3 aromatic carbocycles. The first-order valence-corrected chi connectivity index (χ1v) is 21.6. The summed E-state index contributed by atoms with van der Waals surface area (Å²) in [4.78, 5) is 27.8. The fourth-order valence-electron chi connectivity index (χ4n) is 7.24. The molecule has 0 bridgehead atoms. The van der Waals surface area contributed by atoms with Crippen molar-refractivity contribution in [2.75, 3.05) is 41.5 Å². The Hall–Kier alpha value is -4.71. The SMILES string of the molecule is COc1ccc(C(OC[C@H]2O[C@@H](c3scc4c(=O)[nH]c(/N=C/N(C)C)nc34)C[C@@H]2OP(OCCC#N)N(C(C)C)C(C)C)(c2ccccc2)c2ccc(OC)cc2)cc1. The van der Waals surface area contributed by atoms with Gasteiger partial charge in [0.1, 0.15) is 23.2 Å². The van der Waals surface area contributed by atoms with Crippen LogP contribution >= 0.6 is 19.9 Å². The molecule has 1 saturated heterocycles. The Labute approximate surface area is 351 Å². The molecule has 0 aliphatic carbocycles. The van der Waals surface area contributed by atoms with Gasteiger partial charge in [0.05, 0.1) is 74.2 Å². The highest BCUT2D eigenvalue weighted by molar-refractivity contribution is 7.44. The van der Waals surface area contributed by atoms with Crippen LogP contribution in [0.15, 0.2) is 94.0 Å². The van der Waals surface area contributed by atoms with Crippen LogP contribution in [-0.4, -0.2) is 91.7 Å². The molecule has 4 atom stereocenters. The van der Waals surface area contributed by atoms with E-state index in [4.69, 9.17) is 33.0 Å². The van der Waals surface area contributed by atoms with E-state index >= 15 is 0 Å². The van der Waals surface area contributed by atoms with E-state index in [0.717, 1.165) is 33.1 Å². The Bertz CT molecular complexity index is 2190. The first kappa shape index (κ1) is 43.9. The van der Waals surface area contributed by atoms with Gasteiger partial charge < -0.3 is 32.9 Å². The first-order valence-electron chi connectivity index (χ1n) is 19.6. The summed E-state index contributed by atoms with van der Waals surface area (Å²) in [5.74, 6) is 1.64. The number of nitrogens with zero attached hydrogens (tertiary/aromatic N) is 5. The molecule has 3 heterocycles. The fraction of sp³-hybridized carbons (Fsp3) is 0.409. The fourth-order valence-corrected chi connectivity index (χ4v) is 10.0. The Morgan fingerprint density at radius 1 is 0.983 bits per heavy atom. The summed E-state index contributed by atoms with van der Waals surface area (Å²) in [6, 6.07) is 28.3. The molecule has 5 aromatic rings. The molecule has 1 N–H and O–H groups in total. The summed E-state index contributed by atoms with van der Waals surface area (Å²) in [5, 5.41) is 11.7. The van der Waals surface area contributed by atoms with Crippen molar-refractivity contribution in [1.29, 1.82) is 5.26 Å². The average molecular weight is 841 g/mol. The number of aromatic amines is 1. The van der Waals surface area contributed by atoms with Crippen molar-refractivity contribution < 1.29 is 28.0 Å². The van der Waals surface area contributed by atoms with Gasteiger partial charge in [-0.15, -0.1) is 11.3 Å². The normalized spacial score (nSPS) is 17.6. The molecule has 0 radical (unpaired) electrons. The van der Waals surface area contributed by atoms with Gasteiger partial charge in [-0.25, -0.2) is 14.6 Å². The number of hydrogen-bond acceptors (Lipinski definition) is 12. The molecular weight excluding hydrogens is 788 g/mol. The van der Waals surface area contributed by atoms with Gasteiger partial charge in [0.15, 0.2) is 0 Å². The third kappa shape index (κ3) is 10.0. The Morgan fingerprint density at radius 2 is 1.59 bits per heavy atom. The van der Waals surface area contributed by atoms with Crippen LogP contribution in [0, 0.1) is 11.3 Å². The number of ether oxygens (including phenoxy) is 4. The molecule has 0 saturated carbocycles. The molecule has 0 spiro atoms. The highest BCUT2D eigenvalue weighted by Gasteiger charge is 2.45. The largest absolute Gasteiger partial charge is 0.497 e. The number of benzene rings is 3. The lowest BCUT2D eigenvalue weighted by molar-refractivity contribution is -0.0801. The second-order valence-corrected chi connectivity index (χ2v) is 17.2. The molecule has 312 valence electrons. The number of aromatic nitrogens is 2. The molecule has 1 fully saturated rings. The van der Waals surface area contributed by atoms with Crippen molar-refractivity contribution in [2.45, 2.75) is 76.5 Å². The van der Waals surface area contributed by atoms with Crippen molar-refractivity contribution >= 4 is 43.1 Å². The molecule has 0 amide bonds. The van der Waals surface area contributed by atoms with Gasteiger partial charge in [0.25, 0.3) is 14.1 Å². The third-order valence-corrected chi connectivity index (χ3v) is 13.1. The van der Waals surface area contributed by atoms with Crippen molar-refractivity contribution in [3.05, 3.63) is 116 Å². The zero-order valence-electron chi connectivity index (χ0n) is 34.8. The van der Waals surface area contributed by atoms with Crippen LogP contribution < -0.4 is 15.0 Å². The molecule has 59 heavy (non-hydrogen) atoms. The van der Waals surface area contributed by atoms with Gasteiger partial charge in [-0.05, 0) is 68.7 Å². The summed E-state index contributed by atoms with van der Waals surface area (Å²) in [5.41, 5.74) is 1.82. The number of H-pyrrole nitrogens is 1. The minimum atomic E-state index is -1.64. The molecule has 13 nitrogen and oxygen atoms in total.